The molecule has 13 nitrogen and oxygen atoms in total. The summed E-state index contributed by atoms with van der Waals surface area (Å²) in [5.74, 6) is -5.92. The lowest BCUT2D eigenvalue weighted by molar-refractivity contribution is -0.975. The highest BCUT2D eigenvalue weighted by molar-refractivity contribution is 5.30. The maximum Gasteiger partial charge on any atom is 0.713 e. The second kappa shape index (κ2) is 6.59. The SMILES string of the molecule is COc1ccc(C(C[N+](=O)[O-])C([N+](=O)[O-])([N+](=O)[O-])[N+](=O)[O-])cc1. The first-order valence-corrected chi connectivity index (χ1v) is 5.87. The van der Waals surface area contributed by atoms with E-state index in [-0.39, 0.29) is 11.3 Å². The zero-order valence-electron chi connectivity index (χ0n) is 11.6. The van der Waals surface area contributed by atoms with Crippen molar-refractivity contribution in [3.63, 3.8) is 0 Å². The Morgan fingerprint density at radius 3 is 1.70 bits per heavy atom. The monoisotopic (exact) mass is 330 g/mol. The minimum atomic E-state index is -3.97. The van der Waals surface area contributed by atoms with E-state index >= 15 is 0 Å². The summed E-state index contributed by atoms with van der Waals surface area (Å²) in [5.41, 5.74) is -0.299. The van der Waals surface area contributed by atoms with Gasteiger partial charge in [-0.15, -0.1) is 0 Å². The molecular formula is C10H10N4O9. The molecule has 0 fully saturated rings. The van der Waals surface area contributed by atoms with Crippen molar-refractivity contribution < 1.29 is 24.4 Å². The summed E-state index contributed by atoms with van der Waals surface area (Å²) in [4.78, 5) is 37.8. The van der Waals surface area contributed by atoms with Crippen LogP contribution in [0, 0.1) is 40.5 Å². The maximum absolute atomic E-state index is 11.1. The summed E-state index contributed by atoms with van der Waals surface area (Å²) in [6.07, 6.45) is 0. The summed E-state index contributed by atoms with van der Waals surface area (Å²) in [7, 11) is 1.30. The number of methoxy groups -OCH3 is 1. The Balaban J connectivity index is 3.58. The van der Waals surface area contributed by atoms with E-state index in [1.807, 2.05) is 0 Å². The van der Waals surface area contributed by atoms with Crippen LogP contribution in [0.1, 0.15) is 11.5 Å². The van der Waals surface area contributed by atoms with Crippen LogP contribution in [0.15, 0.2) is 24.3 Å². The van der Waals surface area contributed by atoms with E-state index in [9.17, 15) is 40.5 Å². The topological polar surface area (TPSA) is 182 Å². The Morgan fingerprint density at radius 2 is 1.39 bits per heavy atom. The number of nitrogens with zero attached hydrogens (tertiary/aromatic N) is 4. The van der Waals surface area contributed by atoms with Gasteiger partial charge in [-0.05, 0) is 17.7 Å². The number of benzene rings is 1. The van der Waals surface area contributed by atoms with Crippen LogP contribution < -0.4 is 4.74 Å². The molecule has 0 spiro atoms. The van der Waals surface area contributed by atoms with Gasteiger partial charge in [-0.2, -0.15) is 0 Å². The van der Waals surface area contributed by atoms with Crippen LogP contribution in [0.5, 0.6) is 5.75 Å². The molecule has 1 aromatic carbocycles. The molecule has 0 saturated heterocycles. The van der Waals surface area contributed by atoms with Crippen LogP contribution in [0.2, 0.25) is 0 Å². The third kappa shape index (κ3) is 3.12. The largest absolute Gasteiger partial charge is 0.713 e. The van der Waals surface area contributed by atoms with Gasteiger partial charge in [0.25, 0.3) is 5.92 Å². The molecule has 1 aromatic rings. The molecule has 1 rings (SSSR count). The molecule has 0 aliphatic rings. The van der Waals surface area contributed by atoms with Crippen LogP contribution in [-0.2, 0) is 0 Å². The maximum atomic E-state index is 11.1. The lowest BCUT2D eigenvalue weighted by Gasteiger charge is -2.16. The molecule has 1 atom stereocenters. The highest BCUT2D eigenvalue weighted by Crippen LogP contribution is 2.33. The summed E-state index contributed by atoms with van der Waals surface area (Å²) in [5, 5.41) is 44.0. The molecular weight excluding hydrogens is 320 g/mol. The zero-order chi connectivity index (χ0) is 17.8. The normalized spacial score (nSPS) is 12.2. The van der Waals surface area contributed by atoms with Crippen molar-refractivity contribution in [3.8, 4) is 5.75 Å². The lowest BCUT2D eigenvalue weighted by atomic mass is 9.92. The van der Waals surface area contributed by atoms with Crippen molar-refractivity contribution in [1.82, 2.24) is 0 Å². The average Bonchev–Trinajstić information content (AvgIpc) is 2.45. The smallest absolute Gasteiger partial charge is 0.497 e. The minimum Gasteiger partial charge on any atom is -0.497 e. The van der Waals surface area contributed by atoms with E-state index in [1.54, 1.807) is 0 Å². The fourth-order valence-electron chi connectivity index (χ4n) is 2.02. The molecule has 0 radical (unpaired) electrons. The molecule has 0 aliphatic heterocycles. The average molecular weight is 330 g/mol. The molecule has 1 unspecified atom stereocenters. The van der Waals surface area contributed by atoms with Crippen molar-refractivity contribution in [2.24, 2.45) is 0 Å². The Kier molecular flexibility index (Phi) is 5.06. The van der Waals surface area contributed by atoms with Crippen LogP contribution >= 0.6 is 0 Å². The van der Waals surface area contributed by atoms with Gasteiger partial charge in [0.05, 0.1) is 7.11 Å². The third-order valence-electron chi connectivity index (χ3n) is 3.12. The molecule has 0 aromatic heterocycles. The second-order valence-corrected chi connectivity index (χ2v) is 4.30. The number of hydrogen-bond acceptors (Lipinski definition) is 9. The van der Waals surface area contributed by atoms with Crippen molar-refractivity contribution in [3.05, 3.63) is 70.3 Å². The van der Waals surface area contributed by atoms with Gasteiger partial charge in [0.15, 0.2) is 14.8 Å². The van der Waals surface area contributed by atoms with Gasteiger partial charge in [-0.1, -0.05) is 12.1 Å². The predicted octanol–water partition coefficient (Wildman–Crippen LogP) is 0.539. The molecule has 0 aliphatic carbocycles. The predicted molar refractivity (Wildman–Crippen MR) is 71.3 cm³/mol. The van der Waals surface area contributed by atoms with E-state index in [4.69, 9.17) is 4.74 Å². The van der Waals surface area contributed by atoms with Gasteiger partial charge in [0.2, 0.25) is 6.54 Å². The highest BCUT2D eigenvalue weighted by Gasteiger charge is 2.78. The van der Waals surface area contributed by atoms with E-state index in [0.29, 0.717) is 0 Å². The summed E-state index contributed by atoms with van der Waals surface area (Å²) in [6.45, 7) is -1.37. The van der Waals surface area contributed by atoms with Crippen LogP contribution in [0.4, 0.5) is 0 Å². The quantitative estimate of drug-likeness (QED) is 0.373. The van der Waals surface area contributed by atoms with Crippen molar-refractivity contribution >= 4 is 0 Å². The minimum absolute atomic E-state index is 0.266. The van der Waals surface area contributed by atoms with Crippen LogP contribution in [0.3, 0.4) is 0 Å². The van der Waals surface area contributed by atoms with Crippen molar-refractivity contribution in [1.29, 1.82) is 0 Å². The Hall–Kier alpha value is -3.38. The summed E-state index contributed by atoms with van der Waals surface area (Å²) < 4.78 is 4.82. The van der Waals surface area contributed by atoms with E-state index < -0.39 is 37.9 Å². The summed E-state index contributed by atoms with van der Waals surface area (Å²) >= 11 is 0. The van der Waals surface area contributed by atoms with Gasteiger partial charge >= 0.3 is 5.79 Å². The fourth-order valence-corrected chi connectivity index (χ4v) is 2.02. The molecule has 0 N–H and O–H groups in total. The molecule has 13 heteroatoms. The fraction of sp³-hybridized carbons (Fsp3) is 0.400. The Morgan fingerprint density at radius 1 is 0.957 bits per heavy atom. The highest BCUT2D eigenvalue weighted by atomic mass is 16.7. The zero-order valence-corrected chi connectivity index (χ0v) is 11.6. The first kappa shape index (κ1) is 17.7. The first-order valence-electron chi connectivity index (χ1n) is 5.87. The van der Waals surface area contributed by atoms with Crippen LogP contribution in [-0.4, -0.2) is 39.1 Å². The number of hydrogen-bond donors (Lipinski definition) is 0. The molecule has 0 heterocycles. The van der Waals surface area contributed by atoms with Crippen molar-refractivity contribution in [2.75, 3.05) is 13.7 Å². The van der Waals surface area contributed by atoms with Crippen molar-refractivity contribution in [2.45, 2.75) is 11.7 Å². The Bertz CT molecular complexity index is 608. The molecule has 0 bridgehead atoms. The summed E-state index contributed by atoms with van der Waals surface area (Å²) in [6, 6.07) is 4.59. The number of nitro groups is 4. The number of rotatable bonds is 8. The third-order valence-corrected chi connectivity index (χ3v) is 3.12. The Labute approximate surface area is 127 Å². The van der Waals surface area contributed by atoms with Crippen LogP contribution in [0.25, 0.3) is 0 Å². The van der Waals surface area contributed by atoms with Gasteiger partial charge in [-0.25, -0.2) is 0 Å². The lowest BCUT2D eigenvalue weighted by Crippen LogP contribution is -2.59. The van der Waals surface area contributed by atoms with Gasteiger partial charge in [0.1, 0.15) is 5.75 Å². The van der Waals surface area contributed by atoms with E-state index in [2.05, 4.69) is 0 Å². The van der Waals surface area contributed by atoms with E-state index in [0.717, 1.165) is 12.1 Å². The second-order valence-electron chi connectivity index (χ2n) is 4.30. The molecule has 124 valence electrons. The first-order chi connectivity index (χ1) is 10.7. The molecule has 23 heavy (non-hydrogen) atoms. The van der Waals surface area contributed by atoms with Gasteiger partial charge in [0, 0.05) is 4.92 Å². The molecule has 0 amide bonds. The van der Waals surface area contributed by atoms with Gasteiger partial charge in [-0.3, -0.25) is 40.5 Å². The van der Waals surface area contributed by atoms with E-state index in [1.165, 1.54) is 19.2 Å². The molecule has 0 saturated carbocycles. The standard InChI is InChI=1S/C10H10N4O9/c1-23-8-4-2-7(3-5-8)9(6-11(15)16)10(12(17)18,13(19)20)14(21)22/h2-5,9H,6H2,1H3. The van der Waals surface area contributed by atoms with Gasteiger partial charge < -0.3 is 4.74 Å². The number of ether oxygens (including phenoxy) is 1.